The molecular formula is C23H20N4O4S2. The summed E-state index contributed by atoms with van der Waals surface area (Å²) in [6.07, 6.45) is 1.63. The van der Waals surface area contributed by atoms with Crippen molar-refractivity contribution in [3.63, 3.8) is 0 Å². The monoisotopic (exact) mass is 480 g/mol. The van der Waals surface area contributed by atoms with Crippen LogP contribution in [0.4, 0.5) is 0 Å². The van der Waals surface area contributed by atoms with Gasteiger partial charge in [-0.05, 0) is 60.4 Å². The molecule has 1 atom stereocenters. The molecular weight excluding hydrogens is 460 g/mol. The lowest BCUT2D eigenvalue weighted by Gasteiger charge is -2.37. The molecule has 4 heterocycles. The topological polar surface area (TPSA) is 96.8 Å². The van der Waals surface area contributed by atoms with Crippen molar-refractivity contribution in [2.45, 2.75) is 19.5 Å². The lowest BCUT2D eigenvalue weighted by molar-refractivity contribution is 0.371. The van der Waals surface area contributed by atoms with Gasteiger partial charge >= 0.3 is 0 Å². The molecule has 5 rings (SSSR count). The SMILES string of the molecule is COc1ccc(C2NC(=S)N(Cc3ccco3)C(C)=C2c2nc(-c3cccs3)no2)cc1O. The highest BCUT2D eigenvalue weighted by atomic mass is 32.1. The number of hydrogen-bond acceptors (Lipinski definition) is 8. The van der Waals surface area contributed by atoms with Crippen molar-refractivity contribution in [3.05, 3.63) is 77.0 Å². The minimum absolute atomic E-state index is 0.0301. The number of benzene rings is 1. The zero-order chi connectivity index (χ0) is 22.9. The quantitative estimate of drug-likeness (QED) is 0.371. The average molecular weight is 481 g/mol. The zero-order valence-electron chi connectivity index (χ0n) is 17.8. The van der Waals surface area contributed by atoms with Crippen LogP contribution in [-0.4, -0.2) is 32.4 Å². The second-order valence-electron chi connectivity index (χ2n) is 7.38. The van der Waals surface area contributed by atoms with Crippen LogP contribution in [-0.2, 0) is 6.54 Å². The van der Waals surface area contributed by atoms with Gasteiger partial charge in [-0.2, -0.15) is 4.98 Å². The number of phenolic OH excluding ortho intramolecular Hbond substituents is 1. The molecule has 0 saturated carbocycles. The highest BCUT2D eigenvalue weighted by Crippen LogP contribution is 2.40. The van der Waals surface area contributed by atoms with Crippen molar-refractivity contribution in [2.24, 2.45) is 0 Å². The first-order valence-electron chi connectivity index (χ1n) is 10.1. The van der Waals surface area contributed by atoms with Crippen molar-refractivity contribution >= 4 is 34.2 Å². The Kier molecular flexibility index (Phi) is 5.61. The van der Waals surface area contributed by atoms with E-state index in [0.717, 1.165) is 27.5 Å². The number of rotatable bonds is 6. The first kappa shape index (κ1) is 21.2. The predicted octanol–water partition coefficient (Wildman–Crippen LogP) is 4.97. The first-order chi connectivity index (χ1) is 16.0. The van der Waals surface area contributed by atoms with Crippen LogP contribution in [0.2, 0.25) is 0 Å². The molecule has 0 fully saturated rings. The largest absolute Gasteiger partial charge is 0.504 e. The van der Waals surface area contributed by atoms with Crippen LogP contribution < -0.4 is 10.1 Å². The smallest absolute Gasteiger partial charge is 0.258 e. The number of phenols is 1. The Hall–Kier alpha value is -3.63. The van der Waals surface area contributed by atoms with Crippen molar-refractivity contribution in [3.8, 4) is 22.2 Å². The Morgan fingerprint density at radius 2 is 2.15 bits per heavy atom. The Labute approximate surface area is 199 Å². The van der Waals surface area contributed by atoms with Crippen molar-refractivity contribution in [1.29, 1.82) is 0 Å². The van der Waals surface area contributed by atoms with E-state index in [2.05, 4.69) is 15.5 Å². The van der Waals surface area contributed by atoms with Gasteiger partial charge < -0.3 is 29.0 Å². The average Bonchev–Trinajstić information content (AvgIpc) is 3.58. The number of furan rings is 1. The fourth-order valence-corrected chi connectivity index (χ4v) is 4.75. The van der Waals surface area contributed by atoms with Crippen LogP contribution in [0.3, 0.4) is 0 Å². The Morgan fingerprint density at radius 3 is 2.85 bits per heavy atom. The molecule has 8 nitrogen and oxygen atoms in total. The van der Waals surface area contributed by atoms with Crippen LogP contribution in [0.1, 0.15) is 30.2 Å². The molecule has 33 heavy (non-hydrogen) atoms. The van der Waals surface area contributed by atoms with Gasteiger partial charge in [0, 0.05) is 5.70 Å². The summed E-state index contributed by atoms with van der Waals surface area (Å²) in [7, 11) is 1.51. The molecule has 1 aromatic carbocycles. The number of hydrogen-bond donors (Lipinski definition) is 2. The second-order valence-corrected chi connectivity index (χ2v) is 8.71. The molecule has 1 unspecified atom stereocenters. The van der Waals surface area contributed by atoms with E-state index in [1.165, 1.54) is 18.4 Å². The van der Waals surface area contributed by atoms with Gasteiger partial charge in [0.2, 0.25) is 5.82 Å². The summed E-state index contributed by atoms with van der Waals surface area (Å²) >= 11 is 7.23. The summed E-state index contributed by atoms with van der Waals surface area (Å²) in [5, 5.41) is 20.4. The van der Waals surface area contributed by atoms with Gasteiger partial charge in [-0.1, -0.05) is 17.3 Å². The molecule has 0 spiro atoms. The maximum absolute atomic E-state index is 10.4. The van der Waals surface area contributed by atoms with Crippen LogP contribution in [0, 0.1) is 0 Å². The third kappa shape index (κ3) is 3.98. The number of nitrogens with zero attached hydrogens (tertiary/aromatic N) is 3. The fourth-order valence-electron chi connectivity index (χ4n) is 3.78. The van der Waals surface area contributed by atoms with Gasteiger partial charge in [0.15, 0.2) is 16.6 Å². The van der Waals surface area contributed by atoms with Crippen LogP contribution in [0.5, 0.6) is 11.5 Å². The third-order valence-electron chi connectivity index (χ3n) is 5.42. The number of thiocarbonyl (C=S) groups is 1. The number of aromatic nitrogens is 2. The summed E-state index contributed by atoms with van der Waals surface area (Å²) in [5.74, 6) is 2.07. The maximum atomic E-state index is 10.4. The molecule has 3 aromatic heterocycles. The number of aromatic hydroxyl groups is 1. The summed E-state index contributed by atoms with van der Waals surface area (Å²) in [5.41, 5.74) is 2.38. The van der Waals surface area contributed by atoms with E-state index in [0.29, 0.717) is 29.1 Å². The molecule has 0 bridgehead atoms. The summed E-state index contributed by atoms with van der Waals surface area (Å²) in [4.78, 5) is 7.51. The molecule has 1 aliphatic heterocycles. The Morgan fingerprint density at radius 1 is 1.27 bits per heavy atom. The van der Waals surface area contributed by atoms with E-state index < -0.39 is 6.04 Å². The van der Waals surface area contributed by atoms with Crippen molar-refractivity contribution in [2.75, 3.05) is 7.11 Å². The molecule has 168 valence electrons. The van der Waals surface area contributed by atoms with Crippen LogP contribution in [0.25, 0.3) is 16.3 Å². The number of ether oxygens (including phenoxy) is 1. The molecule has 10 heteroatoms. The van der Waals surface area contributed by atoms with E-state index >= 15 is 0 Å². The van der Waals surface area contributed by atoms with Gasteiger partial charge in [0.1, 0.15) is 5.76 Å². The lowest BCUT2D eigenvalue weighted by Crippen LogP contribution is -2.45. The van der Waals surface area contributed by atoms with E-state index in [1.54, 1.807) is 18.4 Å². The van der Waals surface area contributed by atoms with Crippen molar-refractivity contribution < 1.29 is 18.8 Å². The fraction of sp³-hybridized carbons (Fsp3) is 0.174. The van der Waals surface area contributed by atoms with Gasteiger partial charge in [0.25, 0.3) is 5.89 Å². The Balaban J connectivity index is 1.61. The molecule has 0 aliphatic carbocycles. The van der Waals surface area contributed by atoms with E-state index in [-0.39, 0.29) is 5.75 Å². The van der Waals surface area contributed by atoms with Crippen LogP contribution in [0.15, 0.2) is 68.7 Å². The highest BCUT2D eigenvalue weighted by molar-refractivity contribution is 7.80. The zero-order valence-corrected chi connectivity index (χ0v) is 19.4. The summed E-state index contributed by atoms with van der Waals surface area (Å²) < 4.78 is 16.4. The minimum Gasteiger partial charge on any atom is -0.504 e. The number of thiophene rings is 1. The molecule has 0 radical (unpaired) electrons. The molecule has 1 aliphatic rings. The number of nitrogens with one attached hydrogen (secondary N) is 1. The van der Waals surface area contributed by atoms with Gasteiger partial charge in [-0.3, -0.25) is 0 Å². The lowest BCUT2D eigenvalue weighted by atomic mass is 9.94. The third-order valence-corrected chi connectivity index (χ3v) is 6.63. The predicted molar refractivity (Wildman–Crippen MR) is 128 cm³/mol. The number of allylic oxidation sites excluding steroid dienone is 1. The standard InChI is InChI=1S/C23H20N4O4S2/c1-13-19(22-25-21(26-31-22)18-6-4-10-33-18)20(14-7-8-17(29-2)16(28)11-14)24-23(32)27(13)12-15-5-3-9-30-15/h3-11,20,28H,12H2,1-2H3,(H,24,32). The van der Waals surface area contributed by atoms with E-state index in [4.69, 9.17) is 25.9 Å². The van der Waals surface area contributed by atoms with Crippen molar-refractivity contribution in [1.82, 2.24) is 20.4 Å². The van der Waals surface area contributed by atoms with Gasteiger partial charge in [0.05, 0.1) is 36.4 Å². The number of methoxy groups -OCH3 is 1. The first-order valence-corrected chi connectivity index (χ1v) is 11.4. The maximum Gasteiger partial charge on any atom is 0.258 e. The molecule has 2 N–H and O–H groups in total. The molecule has 0 saturated heterocycles. The normalized spacial score (nSPS) is 16.2. The van der Waals surface area contributed by atoms with E-state index in [1.807, 2.05) is 47.5 Å². The highest BCUT2D eigenvalue weighted by Gasteiger charge is 2.34. The van der Waals surface area contributed by atoms with Gasteiger partial charge in [-0.15, -0.1) is 11.3 Å². The molecule has 4 aromatic rings. The Bertz CT molecular complexity index is 1310. The second kappa shape index (κ2) is 8.72. The van der Waals surface area contributed by atoms with Gasteiger partial charge in [-0.25, -0.2) is 0 Å². The van der Waals surface area contributed by atoms with E-state index in [9.17, 15) is 5.11 Å². The molecule has 0 amide bonds. The van der Waals surface area contributed by atoms with Crippen LogP contribution >= 0.6 is 23.6 Å². The summed E-state index contributed by atoms with van der Waals surface area (Å²) in [6.45, 7) is 2.40. The minimum atomic E-state index is -0.418. The summed E-state index contributed by atoms with van der Waals surface area (Å²) in [6, 6.07) is 12.4.